The van der Waals surface area contributed by atoms with Crippen LogP contribution in [0.3, 0.4) is 0 Å². The number of alkyl halides is 3. The van der Waals surface area contributed by atoms with Crippen LogP contribution in [-0.4, -0.2) is 44.8 Å². The van der Waals surface area contributed by atoms with Gasteiger partial charge in [0.25, 0.3) is 5.91 Å². The van der Waals surface area contributed by atoms with Gasteiger partial charge in [0.05, 0.1) is 17.8 Å². The summed E-state index contributed by atoms with van der Waals surface area (Å²) in [5, 5.41) is 4.15. The molecule has 2 aromatic heterocycles. The first-order valence-electron chi connectivity index (χ1n) is 8.99. The van der Waals surface area contributed by atoms with Crippen LogP contribution >= 0.6 is 0 Å². The number of carbonyl (C=O) groups excluding carboxylic acids is 1. The molecule has 0 spiro atoms. The normalized spacial score (nSPS) is 16.8. The molecule has 29 heavy (non-hydrogen) atoms. The molecule has 1 unspecified atom stereocenters. The molecule has 1 aliphatic heterocycles. The Kier molecular flexibility index (Phi) is 4.96. The molecular formula is C20H17F3N4O2. The van der Waals surface area contributed by atoms with E-state index in [0.717, 1.165) is 24.0 Å². The fourth-order valence-corrected chi connectivity index (χ4v) is 3.22. The van der Waals surface area contributed by atoms with E-state index in [1.807, 2.05) is 6.07 Å². The van der Waals surface area contributed by atoms with Crippen molar-refractivity contribution in [3.63, 3.8) is 0 Å². The molecule has 1 fully saturated rings. The summed E-state index contributed by atoms with van der Waals surface area (Å²) in [7, 11) is 0. The Morgan fingerprint density at radius 3 is 2.76 bits per heavy atom. The predicted octanol–water partition coefficient (Wildman–Crippen LogP) is 3.58. The first kappa shape index (κ1) is 19.0. The topological polar surface area (TPSA) is 60.2 Å². The summed E-state index contributed by atoms with van der Waals surface area (Å²) in [4.78, 5) is 18.3. The average Bonchev–Trinajstić information content (AvgIpc) is 3.39. The van der Waals surface area contributed by atoms with E-state index >= 15 is 0 Å². The molecule has 0 radical (unpaired) electrons. The lowest BCUT2D eigenvalue weighted by atomic mass is 10.2. The summed E-state index contributed by atoms with van der Waals surface area (Å²) in [5.41, 5.74) is 0.459. The Balaban J connectivity index is 1.42. The highest BCUT2D eigenvalue weighted by atomic mass is 19.4. The van der Waals surface area contributed by atoms with Crippen LogP contribution in [0.15, 0.2) is 61.1 Å². The van der Waals surface area contributed by atoms with Gasteiger partial charge in [-0.1, -0.05) is 6.07 Å². The highest BCUT2D eigenvalue weighted by Gasteiger charge is 2.32. The van der Waals surface area contributed by atoms with Crippen LogP contribution in [0.25, 0.3) is 5.69 Å². The molecule has 3 aromatic rings. The number of benzene rings is 1. The Labute approximate surface area is 164 Å². The minimum atomic E-state index is -4.46. The van der Waals surface area contributed by atoms with Gasteiger partial charge in [0.2, 0.25) is 5.88 Å². The van der Waals surface area contributed by atoms with Crippen molar-refractivity contribution in [3.8, 4) is 11.6 Å². The number of hydrogen-bond donors (Lipinski definition) is 0. The van der Waals surface area contributed by atoms with Crippen molar-refractivity contribution in [2.75, 3.05) is 13.1 Å². The van der Waals surface area contributed by atoms with Gasteiger partial charge >= 0.3 is 6.18 Å². The van der Waals surface area contributed by atoms with E-state index in [1.165, 1.54) is 0 Å². The van der Waals surface area contributed by atoms with E-state index in [-0.39, 0.29) is 18.3 Å². The molecule has 0 aliphatic carbocycles. The minimum absolute atomic E-state index is 0.0974. The average molecular weight is 402 g/mol. The number of halogens is 3. The smallest absolute Gasteiger partial charge is 0.416 e. The Bertz CT molecular complexity index is 1000. The maximum Gasteiger partial charge on any atom is 0.416 e. The van der Waals surface area contributed by atoms with Crippen LogP contribution in [0.1, 0.15) is 22.3 Å². The van der Waals surface area contributed by atoms with Crippen molar-refractivity contribution < 1.29 is 22.7 Å². The Morgan fingerprint density at radius 2 is 2.00 bits per heavy atom. The van der Waals surface area contributed by atoms with Gasteiger partial charge in [-0.05, 0) is 30.3 Å². The molecule has 1 aliphatic rings. The monoisotopic (exact) mass is 402 g/mol. The van der Waals surface area contributed by atoms with E-state index in [1.54, 1.807) is 46.2 Å². The second kappa shape index (κ2) is 7.57. The highest BCUT2D eigenvalue weighted by Crippen LogP contribution is 2.31. The molecule has 3 heterocycles. The van der Waals surface area contributed by atoms with Crippen molar-refractivity contribution >= 4 is 5.91 Å². The molecule has 6 nitrogen and oxygen atoms in total. The fraction of sp³-hybridized carbons (Fsp3) is 0.250. The number of pyridine rings is 1. The summed E-state index contributed by atoms with van der Waals surface area (Å²) in [6.45, 7) is 0.733. The molecule has 0 bridgehead atoms. The number of amides is 1. The number of nitrogens with zero attached hydrogens (tertiary/aromatic N) is 4. The Morgan fingerprint density at radius 1 is 1.14 bits per heavy atom. The minimum Gasteiger partial charge on any atom is -0.472 e. The maximum atomic E-state index is 12.8. The molecule has 1 saturated heterocycles. The lowest BCUT2D eigenvalue weighted by Crippen LogP contribution is -2.31. The third kappa shape index (κ3) is 4.23. The van der Waals surface area contributed by atoms with Gasteiger partial charge < -0.3 is 9.64 Å². The highest BCUT2D eigenvalue weighted by molar-refractivity contribution is 5.95. The molecule has 1 aromatic carbocycles. The standard InChI is InChI=1S/C20H17F3N4O2/c21-20(22,23)15-5-8-24-18(12-15)29-17-6-10-26(13-17)19(28)14-3-1-4-16(11-14)27-9-2-7-25-27/h1-5,7-9,11-12,17H,6,10,13H2. The van der Waals surface area contributed by atoms with E-state index in [0.29, 0.717) is 18.5 Å². The summed E-state index contributed by atoms with van der Waals surface area (Å²) in [6, 6.07) is 10.6. The molecule has 150 valence electrons. The van der Waals surface area contributed by atoms with E-state index in [4.69, 9.17) is 4.74 Å². The van der Waals surface area contributed by atoms with Gasteiger partial charge in [-0.2, -0.15) is 18.3 Å². The number of aromatic nitrogens is 3. The zero-order valence-electron chi connectivity index (χ0n) is 15.2. The molecule has 0 saturated carbocycles. The lowest BCUT2D eigenvalue weighted by Gasteiger charge is -2.18. The van der Waals surface area contributed by atoms with Crippen LogP contribution in [0.5, 0.6) is 5.88 Å². The Hall–Kier alpha value is -3.36. The zero-order valence-corrected chi connectivity index (χ0v) is 15.2. The van der Waals surface area contributed by atoms with Crippen LogP contribution in [0, 0.1) is 0 Å². The van der Waals surface area contributed by atoms with Gasteiger partial charge in [-0.25, -0.2) is 9.67 Å². The van der Waals surface area contributed by atoms with Crippen molar-refractivity contribution in [3.05, 3.63) is 72.2 Å². The van der Waals surface area contributed by atoms with Crippen molar-refractivity contribution in [1.82, 2.24) is 19.7 Å². The second-order valence-electron chi connectivity index (χ2n) is 6.66. The van der Waals surface area contributed by atoms with Crippen LogP contribution in [0.2, 0.25) is 0 Å². The van der Waals surface area contributed by atoms with Crippen LogP contribution in [-0.2, 0) is 6.18 Å². The van der Waals surface area contributed by atoms with Gasteiger partial charge in [0, 0.05) is 43.2 Å². The number of hydrogen-bond acceptors (Lipinski definition) is 4. The maximum absolute atomic E-state index is 12.8. The van der Waals surface area contributed by atoms with Crippen LogP contribution in [0.4, 0.5) is 13.2 Å². The summed E-state index contributed by atoms with van der Waals surface area (Å²) < 4.78 is 45.7. The molecule has 0 N–H and O–H groups in total. The first-order chi connectivity index (χ1) is 13.9. The second-order valence-corrected chi connectivity index (χ2v) is 6.66. The van der Waals surface area contributed by atoms with Crippen molar-refractivity contribution in [2.24, 2.45) is 0 Å². The molecule has 1 amide bonds. The summed E-state index contributed by atoms with van der Waals surface area (Å²) in [5.74, 6) is -0.262. The summed E-state index contributed by atoms with van der Waals surface area (Å²) >= 11 is 0. The zero-order chi connectivity index (χ0) is 20.4. The first-order valence-corrected chi connectivity index (χ1v) is 8.99. The van der Waals surface area contributed by atoms with Gasteiger partial charge in [0.1, 0.15) is 6.10 Å². The fourth-order valence-electron chi connectivity index (χ4n) is 3.22. The number of rotatable bonds is 4. The molecule has 1 atom stereocenters. The van der Waals surface area contributed by atoms with Gasteiger partial charge in [-0.3, -0.25) is 4.79 Å². The number of likely N-dealkylation sites (tertiary alicyclic amines) is 1. The third-order valence-electron chi connectivity index (χ3n) is 4.64. The van der Waals surface area contributed by atoms with Crippen LogP contribution < -0.4 is 4.74 Å². The lowest BCUT2D eigenvalue weighted by molar-refractivity contribution is -0.137. The van der Waals surface area contributed by atoms with Crippen molar-refractivity contribution in [1.29, 1.82) is 0 Å². The quantitative estimate of drug-likeness (QED) is 0.669. The largest absolute Gasteiger partial charge is 0.472 e. The predicted molar refractivity (Wildman–Crippen MR) is 97.7 cm³/mol. The molecular weight excluding hydrogens is 385 g/mol. The molecule has 4 rings (SSSR count). The van der Waals surface area contributed by atoms with Crippen molar-refractivity contribution in [2.45, 2.75) is 18.7 Å². The van der Waals surface area contributed by atoms with Gasteiger partial charge in [0.15, 0.2) is 0 Å². The van der Waals surface area contributed by atoms with E-state index < -0.39 is 17.8 Å². The molecule has 9 heteroatoms. The third-order valence-corrected chi connectivity index (χ3v) is 4.64. The SMILES string of the molecule is O=C(c1cccc(-n2cccn2)c1)N1CCC(Oc2cc(C(F)(F)F)ccn2)C1. The number of carbonyl (C=O) groups is 1. The van der Waals surface area contributed by atoms with E-state index in [9.17, 15) is 18.0 Å². The number of ether oxygens (including phenoxy) is 1. The van der Waals surface area contributed by atoms with E-state index in [2.05, 4.69) is 10.1 Å². The van der Waals surface area contributed by atoms with Gasteiger partial charge in [-0.15, -0.1) is 0 Å². The summed E-state index contributed by atoms with van der Waals surface area (Å²) in [6.07, 6.45) is 0.145.